The Balaban J connectivity index is 2.83. The van der Waals surface area contributed by atoms with Crippen LogP contribution >= 0.6 is 0 Å². The van der Waals surface area contributed by atoms with Crippen molar-refractivity contribution in [2.24, 2.45) is 5.73 Å². The predicted molar refractivity (Wildman–Crippen MR) is 31.0 cm³/mol. The number of rotatable bonds is 1. The summed E-state index contributed by atoms with van der Waals surface area (Å²) in [7, 11) is 0. The van der Waals surface area contributed by atoms with Gasteiger partial charge in [0.1, 0.15) is 0 Å². The van der Waals surface area contributed by atoms with E-state index >= 15 is 0 Å². The highest BCUT2D eigenvalue weighted by molar-refractivity contribution is 5.07. The monoisotopic (exact) mass is 107 g/mol. The lowest BCUT2D eigenvalue weighted by Crippen LogP contribution is -1.94. The molecule has 1 rings (SSSR count). The minimum atomic E-state index is 0.568. The minimum absolute atomic E-state index is 0.568. The first-order valence-electron chi connectivity index (χ1n) is 2.44. The van der Waals surface area contributed by atoms with E-state index in [4.69, 9.17) is 5.73 Å². The highest BCUT2D eigenvalue weighted by Crippen LogP contribution is 1.90. The average molecular weight is 107 g/mol. The van der Waals surface area contributed by atoms with Gasteiger partial charge in [-0.1, -0.05) is 0 Å². The molecule has 0 saturated heterocycles. The maximum Gasteiger partial charge on any atom is 0.0889 e. The molecule has 0 fully saturated rings. The van der Waals surface area contributed by atoms with Crippen LogP contribution in [0.3, 0.4) is 0 Å². The SMILES string of the molecule is NCc1c[c]ncc1. The molecule has 0 saturated carbocycles. The lowest BCUT2D eigenvalue weighted by molar-refractivity contribution is 1.06. The topological polar surface area (TPSA) is 38.9 Å². The zero-order valence-corrected chi connectivity index (χ0v) is 4.46. The number of nitrogens with two attached hydrogens (primary N) is 1. The van der Waals surface area contributed by atoms with Gasteiger partial charge in [-0.25, -0.2) is 0 Å². The summed E-state index contributed by atoms with van der Waals surface area (Å²) in [6, 6.07) is 3.65. The van der Waals surface area contributed by atoms with Crippen molar-refractivity contribution in [3.05, 3.63) is 30.1 Å². The quantitative estimate of drug-likeness (QED) is 0.562. The molecule has 0 unspecified atom stereocenters. The van der Waals surface area contributed by atoms with Gasteiger partial charge in [0, 0.05) is 12.7 Å². The second-order valence-electron chi connectivity index (χ2n) is 1.50. The number of nitrogens with zero attached hydrogens (tertiary/aromatic N) is 1. The summed E-state index contributed by atoms with van der Waals surface area (Å²) in [6.07, 6.45) is 4.36. The molecule has 1 radical (unpaired) electrons. The van der Waals surface area contributed by atoms with E-state index in [0.717, 1.165) is 5.56 Å². The normalized spacial score (nSPS) is 9.12. The van der Waals surface area contributed by atoms with Crippen LogP contribution in [-0.4, -0.2) is 4.98 Å². The van der Waals surface area contributed by atoms with E-state index < -0.39 is 0 Å². The summed E-state index contributed by atoms with van der Waals surface area (Å²) in [4.78, 5) is 3.71. The molecule has 1 aromatic heterocycles. The third kappa shape index (κ3) is 1.04. The summed E-state index contributed by atoms with van der Waals surface area (Å²) in [5, 5.41) is 0. The summed E-state index contributed by atoms with van der Waals surface area (Å²) in [6.45, 7) is 0.568. The van der Waals surface area contributed by atoms with Crippen molar-refractivity contribution >= 4 is 0 Å². The highest BCUT2D eigenvalue weighted by Gasteiger charge is 1.81. The predicted octanol–water partition coefficient (Wildman–Crippen LogP) is 0.340. The van der Waals surface area contributed by atoms with E-state index in [9.17, 15) is 0 Å². The Morgan fingerprint density at radius 3 is 3.00 bits per heavy atom. The molecule has 0 aromatic carbocycles. The molecule has 0 bridgehead atoms. The van der Waals surface area contributed by atoms with Crippen molar-refractivity contribution in [3.63, 3.8) is 0 Å². The van der Waals surface area contributed by atoms with Gasteiger partial charge in [0.15, 0.2) is 0 Å². The van der Waals surface area contributed by atoms with Gasteiger partial charge in [0.25, 0.3) is 0 Å². The highest BCUT2D eigenvalue weighted by atomic mass is 14.6. The van der Waals surface area contributed by atoms with E-state index in [2.05, 4.69) is 11.2 Å². The smallest absolute Gasteiger partial charge is 0.0889 e. The first kappa shape index (κ1) is 5.25. The van der Waals surface area contributed by atoms with Crippen LogP contribution in [0.25, 0.3) is 0 Å². The molecule has 0 aliphatic heterocycles. The second kappa shape index (κ2) is 2.43. The fraction of sp³-hybridized carbons (Fsp3) is 0.167. The number of hydrogen-bond donors (Lipinski definition) is 1. The van der Waals surface area contributed by atoms with Gasteiger partial charge in [-0.3, -0.25) is 4.98 Å². The molecule has 0 aliphatic carbocycles. The fourth-order valence-electron chi connectivity index (χ4n) is 0.471. The summed E-state index contributed by atoms with van der Waals surface area (Å²) in [5.41, 5.74) is 6.37. The van der Waals surface area contributed by atoms with Crippen LogP contribution in [0.1, 0.15) is 5.56 Å². The molecule has 41 valence electrons. The summed E-state index contributed by atoms with van der Waals surface area (Å²) in [5.74, 6) is 0. The molecule has 0 spiro atoms. The molecule has 0 atom stereocenters. The van der Waals surface area contributed by atoms with Crippen LogP contribution in [0.4, 0.5) is 0 Å². The Hall–Kier alpha value is -0.890. The first-order valence-corrected chi connectivity index (χ1v) is 2.44. The standard InChI is InChI=1S/C6H7N2/c7-5-6-1-3-8-4-2-6/h1-3H,5,7H2. The lowest BCUT2D eigenvalue weighted by Gasteiger charge is -1.88. The number of aromatic nitrogens is 1. The zero-order chi connectivity index (χ0) is 5.82. The van der Waals surface area contributed by atoms with Gasteiger partial charge in [-0.05, 0) is 17.7 Å². The number of hydrogen-bond acceptors (Lipinski definition) is 2. The van der Waals surface area contributed by atoms with E-state index in [-0.39, 0.29) is 0 Å². The Morgan fingerprint density at radius 2 is 2.62 bits per heavy atom. The van der Waals surface area contributed by atoms with E-state index in [1.807, 2.05) is 6.07 Å². The van der Waals surface area contributed by atoms with Crippen LogP contribution in [-0.2, 0) is 6.54 Å². The van der Waals surface area contributed by atoms with Gasteiger partial charge >= 0.3 is 0 Å². The van der Waals surface area contributed by atoms with Crippen molar-refractivity contribution in [2.45, 2.75) is 6.54 Å². The first-order chi connectivity index (χ1) is 3.93. The number of pyridine rings is 1. The Labute approximate surface area is 48.4 Å². The Kier molecular flexibility index (Phi) is 1.59. The van der Waals surface area contributed by atoms with Crippen molar-refractivity contribution in [3.8, 4) is 0 Å². The second-order valence-corrected chi connectivity index (χ2v) is 1.50. The van der Waals surface area contributed by atoms with Gasteiger partial charge in [-0.15, -0.1) is 0 Å². The van der Waals surface area contributed by atoms with E-state index in [1.165, 1.54) is 0 Å². The molecule has 0 aliphatic rings. The fourth-order valence-corrected chi connectivity index (χ4v) is 0.471. The molecule has 2 heteroatoms. The maximum absolute atomic E-state index is 5.30. The van der Waals surface area contributed by atoms with Crippen molar-refractivity contribution in [1.82, 2.24) is 4.98 Å². The maximum atomic E-state index is 5.30. The molecular formula is C6H7N2. The molecule has 2 nitrogen and oxygen atoms in total. The third-order valence-corrected chi connectivity index (χ3v) is 0.923. The Bertz CT molecular complexity index is 148. The molecular weight excluding hydrogens is 100 g/mol. The average Bonchev–Trinajstić information content (AvgIpc) is 1.90. The largest absolute Gasteiger partial charge is 0.326 e. The minimum Gasteiger partial charge on any atom is -0.326 e. The molecule has 0 amide bonds. The third-order valence-electron chi connectivity index (χ3n) is 0.923. The van der Waals surface area contributed by atoms with E-state index in [1.54, 1.807) is 12.3 Å². The summed E-state index contributed by atoms with van der Waals surface area (Å²) < 4.78 is 0. The van der Waals surface area contributed by atoms with Crippen molar-refractivity contribution in [1.29, 1.82) is 0 Å². The van der Waals surface area contributed by atoms with Gasteiger partial charge in [0.2, 0.25) is 0 Å². The van der Waals surface area contributed by atoms with Crippen LogP contribution in [0, 0.1) is 6.20 Å². The lowest BCUT2D eigenvalue weighted by atomic mass is 10.3. The van der Waals surface area contributed by atoms with Crippen LogP contribution < -0.4 is 5.73 Å². The van der Waals surface area contributed by atoms with Gasteiger partial charge in [0.05, 0.1) is 6.20 Å². The zero-order valence-electron chi connectivity index (χ0n) is 4.46. The summed E-state index contributed by atoms with van der Waals surface area (Å²) >= 11 is 0. The molecule has 8 heavy (non-hydrogen) atoms. The molecule has 2 N–H and O–H groups in total. The van der Waals surface area contributed by atoms with Crippen molar-refractivity contribution in [2.75, 3.05) is 0 Å². The van der Waals surface area contributed by atoms with Gasteiger partial charge in [-0.2, -0.15) is 0 Å². The molecule has 1 heterocycles. The van der Waals surface area contributed by atoms with Crippen LogP contribution in [0.5, 0.6) is 0 Å². The van der Waals surface area contributed by atoms with Crippen LogP contribution in [0.2, 0.25) is 0 Å². The van der Waals surface area contributed by atoms with Gasteiger partial charge < -0.3 is 5.73 Å². The van der Waals surface area contributed by atoms with E-state index in [0.29, 0.717) is 6.54 Å². The molecule has 1 aromatic rings. The van der Waals surface area contributed by atoms with Crippen LogP contribution in [0.15, 0.2) is 18.3 Å². The Morgan fingerprint density at radius 1 is 1.75 bits per heavy atom. The van der Waals surface area contributed by atoms with Crippen molar-refractivity contribution < 1.29 is 0 Å².